The van der Waals surface area contributed by atoms with Crippen LogP contribution in [0.2, 0.25) is 0 Å². The number of hydrogen-bond acceptors (Lipinski definition) is 5. The van der Waals surface area contributed by atoms with E-state index in [2.05, 4.69) is 4.74 Å². The molecule has 0 bridgehead atoms. The average molecular weight is 260 g/mol. The van der Waals surface area contributed by atoms with E-state index < -0.39 is 5.97 Å². The van der Waals surface area contributed by atoms with Crippen molar-refractivity contribution in [1.29, 1.82) is 0 Å². The van der Waals surface area contributed by atoms with E-state index in [0.29, 0.717) is 17.1 Å². The third kappa shape index (κ3) is 3.22. The van der Waals surface area contributed by atoms with Crippen LogP contribution in [0.5, 0.6) is 5.75 Å². The fourth-order valence-electron chi connectivity index (χ4n) is 1.50. The van der Waals surface area contributed by atoms with Crippen molar-refractivity contribution in [2.24, 2.45) is 0 Å². The Hall–Kier alpha value is -2.56. The summed E-state index contributed by atoms with van der Waals surface area (Å²) in [6.45, 7) is 0.166. The molecule has 0 saturated heterocycles. The van der Waals surface area contributed by atoms with E-state index in [-0.39, 0.29) is 12.4 Å². The molecule has 0 unspecified atom stereocenters. The Morgan fingerprint density at radius 3 is 2.89 bits per heavy atom. The predicted molar refractivity (Wildman–Crippen MR) is 66.2 cm³/mol. The van der Waals surface area contributed by atoms with Crippen molar-refractivity contribution < 1.29 is 23.5 Å². The first kappa shape index (κ1) is 12.9. The number of rotatable bonds is 5. The standard InChI is InChI=1S/C14H12O5/c1-17-14(16)13-6-5-12(19-13)9-18-11-4-2-3-10(7-11)8-15/h2-8H,9H2,1H3. The Morgan fingerprint density at radius 2 is 2.16 bits per heavy atom. The van der Waals surface area contributed by atoms with Gasteiger partial charge in [-0.3, -0.25) is 4.79 Å². The lowest BCUT2D eigenvalue weighted by Crippen LogP contribution is -1.99. The molecule has 0 amide bonds. The molecule has 5 nitrogen and oxygen atoms in total. The Morgan fingerprint density at radius 1 is 1.32 bits per heavy atom. The van der Waals surface area contributed by atoms with Gasteiger partial charge < -0.3 is 13.9 Å². The topological polar surface area (TPSA) is 65.7 Å². The van der Waals surface area contributed by atoms with Crippen molar-refractivity contribution in [3.63, 3.8) is 0 Å². The van der Waals surface area contributed by atoms with Gasteiger partial charge in [0.2, 0.25) is 5.76 Å². The van der Waals surface area contributed by atoms with Crippen LogP contribution in [0.1, 0.15) is 26.7 Å². The van der Waals surface area contributed by atoms with E-state index >= 15 is 0 Å². The highest BCUT2D eigenvalue weighted by Crippen LogP contribution is 2.16. The number of ether oxygens (including phenoxy) is 2. The normalized spacial score (nSPS) is 9.95. The number of carbonyl (C=O) groups is 2. The van der Waals surface area contributed by atoms with Crippen LogP contribution in [-0.4, -0.2) is 19.4 Å². The highest BCUT2D eigenvalue weighted by Gasteiger charge is 2.11. The molecule has 0 atom stereocenters. The molecule has 0 spiro atoms. The van der Waals surface area contributed by atoms with Gasteiger partial charge in [-0.2, -0.15) is 0 Å². The molecule has 2 aromatic rings. The lowest BCUT2D eigenvalue weighted by molar-refractivity contribution is 0.0561. The summed E-state index contributed by atoms with van der Waals surface area (Å²) in [7, 11) is 1.28. The highest BCUT2D eigenvalue weighted by atomic mass is 16.5. The molecule has 1 aromatic heterocycles. The molecule has 0 aliphatic heterocycles. The summed E-state index contributed by atoms with van der Waals surface area (Å²) in [5.41, 5.74) is 0.534. The molecule has 0 aliphatic rings. The fourth-order valence-corrected chi connectivity index (χ4v) is 1.50. The zero-order valence-electron chi connectivity index (χ0n) is 10.3. The lowest BCUT2D eigenvalue weighted by Gasteiger charge is -2.04. The summed E-state index contributed by atoms with van der Waals surface area (Å²) in [6.07, 6.45) is 0.745. The van der Waals surface area contributed by atoms with Crippen molar-refractivity contribution in [3.05, 3.63) is 53.5 Å². The number of furan rings is 1. The van der Waals surface area contributed by atoms with Gasteiger partial charge in [0, 0.05) is 5.56 Å². The number of esters is 1. The zero-order valence-corrected chi connectivity index (χ0v) is 10.3. The second-order valence-electron chi connectivity index (χ2n) is 3.74. The summed E-state index contributed by atoms with van der Waals surface area (Å²) in [6, 6.07) is 9.92. The summed E-state index contributed by atoms with van der Waals surface area (Å²) in [5, 5.41) is 0. The van der Waals surface area contributed by atoms with E-state index in [1.807, 2.05) is 0 Å². The van der Waals surface area contributed by atoms with Crippen molar-refractivity contribution in [1.82, 2.24) is 0 Å². The van der Waals surface area contributed by atoms with Gasteiger partial charge in [-0.1, -0.05) is 12.1 Å². The highest BCUT2D eigenvalue weighted by molar-refractivity contribution is 5.86. The monoisotopic (exact) mass is 260 g/mol. The van der Waals surface area contributed by atoms with Gasteiger partial charge in [0.15, 0.2) is 0 Å². The first-order valence-corrected chi connectivity index (χ1v) is 5.58. The number of hydrogen-bond donors (Lipinski definition) is 0. The van der Waals surface area contributed by atoms with E-state index in [0.717, 1.165) is 6.29 Å². The van der Waals surface area contributed by atoms with Gasteiger partial charge in [0.25, 0.3) is 0 Å². The van der Waals surface area contributed by atoms with Crippen LogP contribution in [-0.2, 0) is 11.3 Å². The zero-order chi connectivity index (χ0) is 13.7. The molecule has 0 fully saturated rings. The number of methoxy groups -OCH3 is 1. The number of carbonyl (C=O) groups excluding carboxylic acids is 2. The largest absolute Gasteiger partial charge is 0.486 e. The Bertz CT molecular complexity index is 585. The fraction of sp³-hybridized carbons (Fsp3) is 0.143. The molecule has 1 heterocycles. The van der Waals surface area contributed by atoms with Gasteiger partial charge >= 0.3 is 5.97 Å². The average Bonchev–Trinajstić information content (AvgIpc) is 2.93. The molecule has 19 heavy (non-hydrogen) atoms. The van der Waals surface area contributed by atoms with Gasteiger partial charge in [-0.15, -0.1) is 0 Å². The van der Waals surface area contributed by atoms with E-state index in [4.69, 9.17) is 9.15 Å². The van der Waals surface area contributed by atoms with Gasteiger partial charge in [0.05, 0.1) is 7.11 Å². The van der Waals surface area contributed by atoms with Crippen LogP contribution in [0.3, 0.4) is 0 Å². The minimum absolute atomic E-state index is 0.128. The summed E-state index contributed by atoms with van der Waals surface area (Å²) < 4.78 is 15.2. The Balaban J connectivity index is 2.00. The van der Waals surface area contributed by atoms with E-state index in [9.17, 15) is 9.59 Å². The summed E-state index contributed by atoms with van der Waals surface area (Å²) in [5.74, 6) is 0.648. The van der Waals surface area contributed by atoms with Crippen LogP contribution in [0.25, 0.3) is 0 Å². The SMILES string of the molecule is COC(=O)c1ccc(COc2cccc(C=O)c2)o1. The van der Waals surface area contributed by atoms with Crippen molar-refractivity contribution in [2.45, 2.75) is 6.61 Å². The maximum atomic E-state index is 11.2. The first-order valence-electron chi connectivity index (χ1n) is 5.58. The maximum absolute atomic E-state index is 11.2. The molecule has 98 valence electrons. The molecule has 5 heteroatoms. The van der Waals surface area contributed by atoms with Crippen LogP contribution >= 0.6 is 0 Å². The third-order valence-electron chi connectivity index (χ3n) is 2.42. The number of aldehydes is 1. The Labute approximate surface area is 109 Å². The molecule has 2 rings (SSSR count). The second kappa shape index (κ2) is 5.86. The molecule has 0 radical (unpaired) electrons. The quantitative estimate of drug-likeness (QED) is 0.610. The van der Waals surface area contributed by atoms with E-state index in [1.165, 1.54) is 13.2 Å². The summed E-state index contributed by atoms with van der Waals surface area (Å²) >= 11 is 0. The second-order valence-corrected chi connectivity index (χ2v) is 3.74. The van der Waals surface area contributed by atoms with Crippen LogP contribution in [0.15, 0.2) is 40.8 Å². The summed E-state index contributed by atoms with van der Waals surface area (Å²) in [4.78, 5) is 21.8. The van der Waals surface area contributed by atoms with Crippen LogP contribution in [0, 0.1) is 0 Å². The molecule has 1 aromatic carbocycles. The molecule has 0 N–H and O–H groups in total. The molecular weight excluding hydrogens is 248 g/mol. The van der Waals surface area contributed by atoms with Crippen LogP contribution < -0.4 is 4.74 Å². The third-order valence-corrected chi connectivity index (χ3v) is 2.42. The van der Waals surface area contributed by atoms with Gasteiger partial charge in [0.1, 0.15) is 24.4 Å². The molecule has 0 aliphatic carbocycles. The van der Waals surface area contributed by atoms with Crippen molar-refractivity contribution in [2.75, 3.05) is 7.11 Å². The molecule has 0 saturated carbocycles. The smallest absolute Gasteiger partial charge is 0.373 e. The van der Waals surface area contributed by atoms with Gasteiger partial charge in [-0.25, -0.2) is 4.79 Å². The van der Waals surface area contributed by atoms with E-state index in [1.54, 1.807) is 30.3 Å². The van der Waals surface area contributed by atoms with Crippen LogP contribution in [0.4, 0.5) is 0 Å². The van der Waals surface area contributed by atoms with Crippen molar-refractivity contribution in [3.8, 4) is 5.75 Å². The predicted octanol–water partition coefficient (Wildman–Crippen LogP) is 2.46. The first-order chi connectivity index (χ1) is 9.22. The Kier molecular flexibility index (Phi) is 3.97. The van der Waals surface area contributed by atoms with Gasteiger partial charge in [-0.05, 0) is 24.3 Å². The maximum Gasteiger partial charge on any atom is 0.373 e. The minimum atomic E-state index is -0.533. The van der Waals surface area contributed by atoms with Crippen molar-refractivity contribution >= 4 is 12.3 Å². The molecular formula is C14H12O5. The number of benzene rings is 1. The minimum Gasteiger partial charge on any atom is -0.486 e. The lowest BCUT2D eigenvalue weighted by atomic mass is 10.2.